The fourth-order valence-corrected chi connectivity index (χ4v) is 4.07. The van der Waals surface area contributed by atoms with Gasteiger partial charge in [-0.05, 0) is 35.9 Å². The van der Waals surface area contributed by atoms with E-state index in [0.29, 0.717) is 22.1 Å². The van der Waals surface area contributed by atoms with Crippen LogP contribution in [0.1, 0.15) is 5.56 Å². The second-order valence-corrected chi connectivity index (χ2v) is 8.02. The number of oxazole rings is 1. The number of nitrogens with two attached hydrogens (primary N) is 1. The van der Waals surface area contributed by atoms with Crippen molar-refractivity contribution < 1.29 is 12.8 Å². The molecule has 0 bridgehead atoms. The zero-order valence-electron chi connectivity index (χ0n) is 14.7. The predicted molar refractivity (Wildman–Crippen MR) is 106 cm³/mol. The Hall–Kier alpha value is -3.36. The van der Waals surface area contributed by atoms with Crippen LogP contribution in [0.5, 0.6) is 0 Å². The van der Waals surface area contributed by atoms with Gasteiger partial charge in [-0.25, -0.2) is 15.1 Å². The van der Waals surface area contributed by atoms with Gasteiger partial charge in [-0.2, -0.15) is 8.42 Å². The number of hydrazine groups is 1. The van der Waals surface area contributed by atoms with Gasteiger partial charge in [-0.3, -0.25) is 4.57 Å². The first-order valence-electron chi connectivity index (χ1n) is 8.49. The van der Waals surface area contributed by atoms with Gasteiger partial charge < -0.3 is 4.42 Å². The van der Waals surface area contributed by atoms with Crippen molar-refractivity contribution in [2.45, 2.75) is 11.4 Å². The highest BCUT2D eigenvalue weighted by molar-refractivity contribution is 7.92. The summed E-state index contributed by atoms with van der Waals surface area (Å²) >= 11 is 0. The van der Waals surface area contributed by atoms with Gasteiger partial charge in [-0.15, -0.1) is 0 Å². The fourth-order valence-electron chi connectivity index (χ4n) is 2.95. The van der Waals surface area contributed by atoms with Crippen molar-refractivity contribution in [3.63, 3.8) is 0 Å². The Morgan fingerprint density at radius 1 is 0.929 bits per heavy atom. The third-order valence-corrected chi connectivity index (χ3v) is 5.99. The SMILES string of the molecule is NN(c1ccc2oc(=O)n(Cc3ccccc3)c2c1)S(=O)(=O)c1ccccc1. The van der Waals surface area contributed by atoms with E-state index in [2.05, 4.69) is 0 Å². The van der Waals surface area contributed by atoms with Gasteiger partial charge in [0.1, 0.15) is 0 Å². The lowest BCUT2D eigenvalue weighted by Crippen LogP contribution is -2.37. The van der Waals surface area contributed by atoms with E-state index >= 15 is 0 Å². The molecule has 0 atom stereocenters. The summed E-state index contributed by atoms with van der Waals surface area (Å²) in [4.78, 5) is 12.4. The van der Waals surface area contributed by atoms with Crippen LogP contribution < -0.4 is 16.0 Å². The lowest BCUT2D eigenvalue weighted by molar-refractivity contribution is 0.517. The first-order chi connectivity index (χ1) is 13.5. The smallest absolute Gasteiger partial charge is 0.408 e. The number of rotatable bonds is 5. The molecule has 0 aliphatic heterocycles. The standard InChI is InChI=1S/C20H17N3O4S/c21-23(28(25,26)17-9-5-2-6-10-17)16-11-12-19-18(13-16)22(20(24)27-19)14-15-7-3-1-4-8-15/h1-13H,14,21H2. The molecule has 0 amide bonds. The molecule has 28 heavy (non-hydrogen) atoms. The van der Waals surface area contributed by atoms with Crippen LogP contribution in [-0.2, 0) is 16.6 Å². The van der Waals surface area contributed by atoms with Crippen LogP contribution in [0.15, 0.2) is 93.0 Å². The number of aromatic nitrogens is 1. The van der Waals surface area contributed by atoms with Gasteiger partial charge in [0.2, 0.25) is 0 Å². The monoisotopic (exact) mass is 395 g/mol. The zero-order valence-corrected chi connectivity index (χ0v) is 15.5. The molecule has 1 heterocycles. The number of hydrogen-bond acceptors (Lipinski definition) is 5. The average Bonchev–Trinajstić information content (AvgIpc) is 3.03. The van der Waals surface area contributed by atoms with Crippen molar-refractivity contribution in [3.05, 3.63) is 95.0 Å². The summed E-state index contributed by atoms with van der Waals surface area (Å²) in [6, 6.07) is 21.9. The first kappa shape index (κ1) is 18.0. The van der Waals surface area contributed by atoms with Crippen LogP contribution >= 0.6 is 0 Å². The van der Waals surface area contributed by atoms with E-state index in [0.717, 1.165) is 5.56 Å². The molecule has 0 unspecified atom stereocenters. The number of fused-ring (bicyclic) bond motifs is 1. The van der Waals surface area contributed by atoms with Crippen LogP contribution in [0, 0.1) is 0 Å². The van der Waals surface area contributed by atoms with E-state index in [9.17, 15) is 13.2 Å². The number of anilines is 1. The molecule has 0 saturated carbocycles. The molecule has 0 saturated heterocycles. The van der Waals surface area contributed by atoms with E-state index in [1.54, 1.807) is 18.2 Å². The maximum atomic E-state index is 12.8. The van der Waals surface area contributed by atoms with Crippen molar-refractivity contribution in [2.24, 2.45) is 5.84 Å². The zero-order chi connectivity index (χ0) is 19.7. The maximum absolute atomic E-state index is 12.8. The van der Waals surface area contributed by atoms with E-state index in [-0.39, 0.29) is 10.6 Å². The van der Waals surface area contributed by atoms with Gasteiger partial charge in [0.25, 0.3) is 10.0 Å². The Morgan fingerprint density at radius 3 is 2.25 bits per heavy atom. The number of hydrogen-bond donors (Lipinski definition) is 1. The number of benzene rings is 3. The van der Waals surface area contributed by atoms with Crippen molar-refractivity contribution in [2.75, 3.05) is 4.41 Å². The molecule has 7 nitrogen and oxygen atoms in total. The highest BCUT2D eigenvalue weighted by Gasteiger charge is 2.23. The molecule has 0 radical (unpaired) electrons. The Morgan fingerprint density at radius 2 is 1.57 bits per heavy atom. The molecule has 142 valence electrons. The lowest BCUT2D eigenvalue weighted by atomic mass is 10.2. The second-order valence-electron chi connectivity index (χ2n) is 6.21. The Balaban J connectivity index is 1.77. The molecule has 2 N–H and O–H groups in total. The van der Waals surface area contributed by atoms with E-state index in [1.165, 1.54) is 34.9 Å². The summed E-state index contributed by atoms with van der Waals surface area (Å²) in [7, 11) is -3.93. The fraction of sp³-hybridized carbons (Fsp3) is 0.0500. The van der Waals surface area contributed by atoms with Gasteiger partial charge in [0, 0.05) is 0 Å². The largest absolute Gasteiger partial charge is 0.420 e. The second kappa shape index (κ2) is 6.99. The molecule has 0 aliphatic rings. The van der Waals surface area contributed by atoms with Crippen LogP contribution in [0.4, 0.5) is 5.69 Å². The summed E-state index contributed by atoms with van der Waals surface area (Å²) in [5.74, 6) is 5.41. The summed E-state index contributed by atoms with van der Waals surface area (Å²) < 4.78 is 32.9. The van der Waals surface area contributed by atoms with Crippen molar-refractivity contribution in [1.29, 1.82) is 0 Å². The highest BCUT2D eigenvalue weighted by Crippen LogP contribution is 2.25. The van der Waals surface area contributed by atoms with Gasteiger partial charge in [-0.1, -0.05) is 48.5 Å². The number of nitrogens with zero attached hydrogens (tertiary/aromatic N) is 2. The van der Waals surface area contributed by atoms with Crippen LogP contribution in [-0.4, -0.2) is 13.0 Å². The van der Waals surface area contributed by atoms with E-state index < -0.39 is 15.8 Å². The maximum Gasteiger partial charge on any atom is 0.420 e. The van der Waals surface area contributed by atoms with Crippen molar-refractivity contribution in [1.82, 2.24) is 4.57 Å². The van der Waals surface area contributed by atoms with Crippen LogP contribution in [0.3, 0.4) is 0 Å². The highest BCUT2D eigenvalue weighted by atomic mass is 32.2. The molecule has 4 aromatic rings. The minimum absolute atomic E-state index is 0.0754. The Kier molecular flexibility index (Phi) is 4.50. The van der Waals surface area contributed by atoms with E-state index in [4.69, 9.17) is 10.3 Å². The normalized spacial score (nSPS) is 11.6. The third kappa shape index (κ3) is 3.19. The lowest BCUT2D eigenvalue weighted by Gasteiger charge is -2.18. The minimum atomic E-state index is -3.93. The average molecular weight is 395 g/mol. The minimum Gasteiger partial charge on any atom is -0.408 e. The molecule has 0 aliphatic carbocycles. The molecule has 1 aromatic heterocycles. The molecular formula is C20H17N3O4S. The van der Waals surface area contributed by atoms with Crippen molar-refractivity contribution in [3.8, 4) is 0 Å². The molecule has 8 heteroatoms. The molecule has 0 spiro atoms. The van der Waals surface area contributed by atoms with Crippen molar-refractivity contribution >= 4 is 26.8 Å². The Labute approximate surface area is 161 Å². The molecule has 0 fully saturated rings. The van der Waals surface area contributed by atoms with Crippen LogP contribution in [0.25, 0.3) is 11.1 Å². The summed E-state index contributed by atoms with van der Waals surface area (Å²) in [6.07, 6.45) is 0. The van der Waals surface area contributed by atoms with E-state index in [1.807, 2.05) is 30.3 Å². The van der Waals surface area contributed by atoms with Gasteiger partial charge in [0.05, 0.1) is 22.6 Å². The van der Waals surface area contributed by atoms with Gasteiger partial charge >= 0.3 is 5.76 Å². The third-order valence-electron chi connectivity index (χ3n) is 4.39. The summed E-state index contributed by atoms with van der Waals surface area (Å²) in [6.45, 7) is 0.298. The topological polar surface area (TPSA) is 98.5 Å². The van der Waals surface area contributed by atoms with Crippen LogP contribution in [0.2, 0.25) is 0 Å². The Bertz CT molecular complexity index is 1280. The van der Waals surface area contributed by atoms with Gasteiger partial charge in [0.15, 0.2) is 5.58 Å². The first-order valence-corrected chi connectivity index (χ1v) is 9.93. The molecule has 3 aromatic carbocycles. The summed E-state index contributed by atoms with van der Waals surface area (Å²) in [5.41, 5.74) is 1.96. The molecular weight excluding hydrogens is 378 g/mol. The number of sulfonamides is 1. The molecule has 4 rings (SSSR count). The predicted octanol–water partition coefficient (Wildman–Crippen LogP) is 2.71. The summed E-state index contributed by atoms with van der Waals surface area (Å²) in [5, 5.41) is 0. The quantitative estimate of drug-likeness (QED) is 0.414.